The Balaban J connectivity index is 2.49. The molecule has 0 bridgehead atoms. The predicted molar refractivity (Wildman–Crippen MR) is 201 cm³/mol. The quantitative estimate of drug-likeness (QED) is 0.0886. The molecule has 57 heavy (non-hydrogen) atoms. The lowest BCUT2D eigenvalue weighted by atomic mass is 9.87. The fourth-order valence-corrected chi connectivity index (χ4v) is 5.34. The Morgan fingerprint density at radius 2 is 1.26 bits per heavy atom. The van der Waals surface area contributed by atoms with Gasteiger partial charge >= 0.3 is 30.4 Å². The van der Waals surface area contributed by atoms with Crippen LogP contribution in [0.1, 0.15) is 92.7 Å². The van der Waals surface area contributed by atoms with Crippen molar-refractivity contribution in [1.29, 1.82) is 0 Å². The lowest BCUT2D eigenvalue weighted by Gasteiger charge is -2.35. The third-order valence-electron chi connectivity index (χ3n) is 8.29. The van der Waals surface area contributed by atoms with E-state index in [2.05, 4.69) is 4.74 Å². The molecule has 0 N–H and O–H groups in total. The second-order valence-electron chi connectivity index (χ2n) is 16.6. The van der Waals surface area contributed by atoms with E-state index in [-0.39, 0.29) is 31.4 Å². The third-order valence-corrected chi connectivity index (χ3v) is 8.29. The Morgan fingerprint density at radius 1 is 0.702 bits per heavy atom. The average molecular weight is 813 g/mol. The SMILES string of the molecule is C[C@@H](OC(=O)[C@H](CC(C)(C)C)N(C)C(=O)[C@@H](Cc1ccc(OC(F)(F)F)cc1)OC(=O)[C@H](CCC(C)(C)F)N(C)C(=O)OC(C)(C)C)C(=O)OCc1ccccc1. The van der Waals surface area contributed by atoms with Crippen LogP contribution in [0.3, 0.4) is 0 Å². The largest absolute Gasteiger partial charge is 0.573 e. The maximum Gasteiger partial charge on any atom is 0.573 e. The van der Waals surface area contributed by atoms with Gasteiger partial charge in [-0.15, -0.1) is 13.2 Å². The molecule has 2 rings (SSSR count). The summed E-state index contributed by atoms with van der Waals surface area (Å²) in [5, 5.41) is 0. The van der Waals surface area contributed by atoms with Gasteiger partial charge in [0.15, 0.2) is 12.2 Å². The fraction of sp³-hybridized carbons (Fsp3) is 0.585. The highest BCUT2D eigenvalue weighted by molar-refractivity contribution is 5.90. The van der Waals surface area contributed by atoms with Crippen molar-refractivity contribution in [2.24, 2.45) is 5.41 Å². The number of likely N-dealkylation sites (N-methyl/N-ethyl adjacent to an activating group) is 2. The number of hydrogen-bond donors (Lipinski definition) is 0. The smallest absolute Gasteiger partial charge is 0.458 e. The molecule has 0 saturated heterocycles. The molecule has 0 aliphatic rings. The molecule has 2 aromatic carbocycles. The molecule has 0 fully saturated rings. The van der Waals surface area contributed by atoms with E-state index in [0.29, 0.717) is 5.56 Å². The number of hydrogen-bond acceptors (Lipinski definition) is 10. The van der Waals surface area contributed by atoms with E-state index in [1.54, 1.807) is 71.9 Å². The Morgan fingerprint density at radius 3 is 1.77 bits per heavy atom. The highest BCUT2D eigenvalue weighted by Gasteiger charge is 2.40. The normalized spacial score (nSPS) is 14.3. The molecule has 0 aromatic heterocycles. The first kappa shape index (κ1) is 48.3. The Hall–Kier alpha value is -4.89. The average Bonchev–Trinajstić information content (AvgIpc) is 3.07. The number of rotatable bonds is 17. The zero-order valence-electron chi connectivity index (χ0n) is 34.5. The first-order valence-corrected chi connectivity index (χ1v) is 18.4. The van der Waals surface area contributed by atoms with Crippen molar-refractivity contribution in [3.8, 4) is 5.75 Å². The number of nitrogens with zero attached hydrogens (tertiary/aromatic N) is 2. The van der Waals surface area contributed by atoms with Crippen molar-refractivity contribution in [3.05, 3.63) is 65.7 Å². The minimum absolute atomic E-state index is 0.0135. The number of amides is 2. The van der Waals surface area contributed by atoms with E-state index in [1.165, 1.54) is 47.0 Å². The Kier molecular flexibility index (Phi) is 16.9. The Bertz CT molecular complexity index is 1650. The maximum atomic E-state index is 14.7. The summed E-state index contributed by atoms with van der Waals surface area (Å²) < 4.78 is 79.2. The number of halogens is 4. The molecule has 12 nitrogen and oxygen atoms in total. The van der Waals surface area contributed by atoms with Crippen LogP contribution in [0.4, 0.5) is 22.4 Å². The highest BCUT2D eigenvalue weighted by atomic mass is 19.4. The van der Waals surface area contributed by atoms with Gasteiger partial charge in [0.05, 0.1) is 0 Å². The molecule has 0 radical (unpaired) electrons. The summed E-state index contributed by atoms with van der Waals surface area (Å²) >= 11 is 0. The number of ether oxygens (including phenoxy) is 5. The van der Waals surface area contributed by atoms with Gasteiger partial charge in [-0.05, 0) is 89.5 Å². The second kappa shape index (κ2) is 20.0. The van der Waals surface area contributed by atoms with Gasteiger partial charge in [0.2, 0.25) is 0 Å². The summed E-state index contributed by atoms with van der Waals surface area (Å²) in [5.41, 5.74) is -2.40. The molecule has 0 saturated carbocycles. The third kappa shape index (κ3) is 17.8. The molecule has 318 valence electrons. The molecule has 16 heteroatoms. The first-order chi connectivity index (χ1) is 26.0. The van der Waals surface area contributed by atoms with Crippen LogP contribution < -0.4 is 4.74 Å². The van der Waals surface area contributed by atoms with Crippen molar-refractivity contribution in [1.82, 2.24) is 9.80 Å². The van der Waals surface area contributed by atoms with Crippen LogP contribution in [0.15, 0.2) is 54.6 Å². The molecule has 4 atom stereocenters. The summed E-state index contributed by atoms with van der Waals surface area (Å²) in [7, 11) is 2.53. The maximum absolute atomic E-state index is 14.7. The monoisotopic (exact) mass is 812 g/mol. The molecule has 0 heterocycles. The summed E-state index contributed by atoms with van der Waals surface area (Å²) in [5.74, 6) is -4.37. The van der Waals surface area contributed by atoms with Crippen molar-refractivity contribution in [3.63, 3.8) is 0 Å². The van der Waals surface area contributed by atoms with Gasteiger partial charge in [-0.2, -0.15) is 0 Å². The van der Waals surface area contributed by atoms with Crippen LogP contribution in [-0.4, -0.2) is 95.7 Å². The minimum Gasteiger partial charge on any atom is -0.458 e. The van der Waals surface area contributed by atoms with Crippen LogP contribution >= 0.6 is 0 Å². The van der Waals surface area contributed by atoms with E-state index < -0.39 is 89.4 Å². The van der Waals surface area contributed by atoms with Gasteiger partial charge in [-0.1, -0.05) is 63.2 Å². The second-order valence-corrected chi connectivity index (χ2v) is 16.6. The first-order valence-electron chi connectivity index (χ1n) is 18.4. The number of alkyl halides is 4. The lowest BCUT2D eigenvalue weighted by Crippen LogP contribution is -2.52. The van der Waals surface area contributed by atoms with Crippen molar-refractivity contribution >= 4 is 29.9 Å². The van der Waals surface area contributed by atoms with Crippen LogP contribution in [0.5, 0.6) is 5.75 Å². The topological polar surface area (TPSA) is 138 Å². The van der Waals surface area contributed by atoms with Gasteiger partial charge < -0.3 is 28.6 Å². The Labute approximate surface area is 332 Å². The number of benzene rings is 2. The van der Waals surface area contributed by atoms with Crippen LogP contribution in [0, 0.1) is 5.41 Å². The lowest BCUT2D eigenvalue weighted by molar-refractivity contribution is -0.274. The van der Waals surface area contributed by atoms with Gasteiger partial charge in [-0.3, -0.25) is 9.69 Å². The number of carbonyl (C=O) groups is 5. The molecule has 2 amide bonds. The highest BCUT2D eigenvalue weighted by Crippen LogP contribution is 2.28. The zero-order valence-corrected chi connectivity index (χ0v) is 34.5. The molecule has 0 spiro atoms. The van der Waals surface area contributed by atoms with Gasteiger partial charge in [0, 0.05) is 20.5 Å². The van der Waals surface area contributed by atoms with Crippen LogP contribution in [0.25, 0.3) is 0 Å². The summed E-state index contributed by atoms with van der Waals surface area (Å²) in [6.45, 7) is 14.0. The molecule has 0 aliphatic carbocycles. The van der Waals surface area contributed by atoms with E-state index in [1.807, 2.05) is 0 Å². The van der Waals surface area contributed by atoms with Crippen molar-refractivity contribution in [2.75, 3.05) is 14.1 Å². The van der Waals surface area contributed by atoms with E-state index in [9.17, 15) is 41.5 Å². The van der Waals surface area contributed by atoms with Crippen molar-refractivity contribution in [2.45, 2.75) is 137 Å². The summed E-state index contributed by atoms with van der Waals surface area (Å²) in [6, 6.07) is 10.5. The van der Waals surface area contributed by atoms with Crippen LogP contribution in [0.2, 0.25) is 0 Å². The fourth-order valence-electron chi connectivity index (χ4n) is 5.34. The number of carbonyl (C=O) groups excluding carboxylic acids is 5. The summed E-state index contributed by atoms with van der Waals surface area (Å²) in [6.07, 6.45) is -9.83. The molecular formula is C41H56F4N2O10. The molecule has 2 aromatic rings. The number of esters is 3. The molecule has 0 aliphatic heterocycles. The van der Waals surface area contributed by atoms with E-state index in [4.69, 9.17) is 18.9 Å². The zero-order chi connectivity index (χ0) is 43.5. The predicted octanol–water partition coefficient (Wildman–Crippen LogP) is 7.74. The van der Waals surface area contributed by atoms with E-state index in [0.717, 1.165) is 21.9 Å². The van der Waals surface area contributed by atoms with Crippen molar-refractivity contribution < 1.29 is 65.2 Å². The van der Waals surface area contributed by atoms with Crippen LogP contribution in [-0.2, 0) is 51.2 Å². The molecule has 0 unspecified atom stereocenters. The van der Waals surface area contributed by atoms with E-state index >= 15 is 0 Å². The van der Waals surface area contributed by atoms with Gasteiger partial charge in [0.1, 0.15) is 35.7 Å². The van der Waals surface area contributed by atoms with Gasteiger partial charge in [-0.25, -0.2) is 23.6 Å². The van der Waals surface area contributed by atoms with Gasteiger partial charge in [0.25, 0.3) is 5.91 Å². The minimum atomic E-state index is -4.96. The summed E-state index contributed by atoms with van der Waals surface area (Å²) in [4.78, 5) is 69.9. The standard InChI is InChI=1S/C41H56F4N2O10/c1-26(34(49)53-25-28-15-13-12-14-16-28)54-36(51)31(24-38(2,3)4)46(10)33(48)32(23-27-17-19-29(20-18-27)56-41(43,44)45)55-35(50)30(21-22-40(8,9)42)47(11)37(52)57-39(5,6)7/h12-20,26,30-32H,21-25H2,1-11H3/t26-,30+,31+,32-/m1/s1. The molecular weight excluding hydrogens is 756 g/mol.